The SMILES string of the molecule is CCC1CC(F)C2C(CCC(c3cc4ccccc4cc3C(=O)OC)C2F)C1. The second kappa shape index (κ2) is 7.81. The molecule has 0 bridgehead atoms. The number of carbonyl (C=O) groups is 1. The second-order valence-electron chi connectivity index (χ2n) is 8.51. The second-order valence-corrected chi connectivity index (χ2v) is 8.51. The first-order valence-corrected chi connectivity index (χ1v) is 10.4. The monoisotopic (exact) mass is 386 g/mol. The van der Waals surface area contributed by atoms with Crippen LogP contribution in [0, 0.1) is 17.8 Å². The van der Waals surface area contributed by atoms with Gasteiger partial charge in [0.2, 0.25) is 0 Å². The fraction of sp³-hybridized carbons (Fsp3) is 0.542. The third kappa shape index (κ3) is 3.31. The molecule has 0 radical (unpaired) electrons. The summed E-state index contributed by atoms with van der Waals surface area (Å²) in [6, 6.07) is 11.4. The number of benzene rings is 2. The van der Waals surface area contributed by atoms with Crippen molar-refractivity contribution in [2.24, 2.45) is 17.8 Å². The topological polar surface area (TPSA) is 26.3 Å². The summed E-state index contributed by atoms with van der Waals surface area (Å²) in [5, 5.41) is 1.88. The molecule has 2 aliphatic rings. The molecule has 150 valence electrons. The molecule has 28 heavy (non-hydrogen) atoms. The number of hydrogen-bond donors (Lipinski definition) is 0. The van der Waals surface area contributed by atoms with Crippen LogP contribution >= 0.6 is 0 Å². The van der Waals surface area contributed by atoms with Crippen LogP contribution in [0.5, 0.6) is 0 Å². The summed E-state index contributed by atoms with van der Waals surface area (Å²) in [4.78, 5) is 12.4. The molecule has 2 aromatic carbocycles. The predicted molar refractivity (Wildman–Crippen MR) is 107 cm³/mol. The first kappa shape index (κ1) is 19.4. The van der Waals surface area contributed by atoms with Gasteiger partial charge in [-0.2, -0.15) is 0 Å². The third-order valence-corrected chi connectivity index (χ3v) is 7.06. The molecule has 0 heterocycles. The van der Waals surface area contributed by atoms with Crippen molar-refractivity contribution in [2.45, 2.75) is 57.3 Å². The summed E-state index contributed by atoms with van der Waals surface area (Å²) in [5.41, 5.74) is 1.08. The van der Waals surface area contributed by atoms with Crippen molar-refractivity contribution in [1.29, 1.82) is 0 Å². The highest BCUT2D eigenvalue weighted by atomic mass is 19.1. The molecule has 4 rings (SSSR count). The number of carbonyl (C=O) groups excluding carboxylic acids is 1. The van der Waals surface area contributed by atoms with E-state index in [4.69, 9.17) is 4.74 Å². The van der Waals surface area contributed by atoms with E-state index in [-0.39, 0.29) is 5.92 Å². The predicted octanol–water partition coefficient (Wildman–Crippen LogP) is 6.23. The molecule has 0 amide bonds. The van der Waals surface area contributed by atoms with Gasteiger partial charge in [-0.1, -0.05) is 37.6 Å². The molecule has 2 fully saturated rings. The van der Waals surface area contributed by atoms with Crippen LogP contribution in [0.2, 0.25) is 0 Å². The van der Waals surface area contributed by atoms with Crippen LogP contribution in [-0.2, 0) is 4.74 Å². The van der Waals surface area contributed by atoms with Crippen LogP contribution < -0.4 is 0 Å². The molecule has 6 atom stereocenters. The molecule has 2 aromatic rings. The van der Waals surface area contributed by atoms with E-state index >= 15 is 4.39 Å². The first-order chi connectivity index (χ1) is 13.5. The van der Waals surface area contributed by atoms with Crippen molar-refractivity contribution in [3.63, 3.8) is 0 Å². The highest BCUT2D eigenvalue weighted by molar-refractivity contribution is 5.97. The zero-order valence-electron chi connectivity index (χ0n) is 16.5. The van der Waals surface area contributed by atoms with E-state index in [9.17, 15) is 9.18 Å². The number of halogens is 2. The van der Waals surface area contributed by atoms with Crippen LogP contribution in [0.4, 0.5) is 8.78 Å². The van der Waals surface area contributed by atoms with Crippen molar-refractivity contribution >= 4 is 16.7 Å². The van der Waals surface area contributed by atoms with Gasteiger partial charge in [0, 0.05) is 11.8 Å². The van der Waals surface area contributed by atoms with Crippen LogP contribution in [0.3, 0.4) is 0 Å². The van der Waals surface area contributed by atoms with Crippen LogP contribution in [0.1, 0.15) is 60.9 Å². The van der Waals surface area contributed by atoms with E-state index in [2.05, 4.69) is 6.92 Å². The molecule has 0 aliphatic heterocycles. The van der Waals surface area contributed by atoms with Crippen molar-refractivity contribution < 1.29 is 18.3 Å². The van der Waals surface area contributed by atoms with Crippen molar-refractivity contribution in [1.82, 2.24) is 0 Å². The lowest BCUT2D eigenvalue weighted by Crippen LogP contribution is -2.45. The van der Waals surface area contributed by atoms with E-state index in [0.29, 0.717) is 29.9 Å². The zero-order valence-corrected chi connectivity index (χ0v) is 16.5. The Morgan fingerprint density at radius 1 is 1.11 bits per heavy atom. The van der Waals surface area contributed by atoms with Crippen LogP contribution in [0.25, 0.3) is 10.8 Å². The van der Waals surface area contributed by atoms with Gasteiger partial charge < -0.3 is 4.74 Å². The Bertz CT molecular complexity index is 865. The highest BCUT2D eigenvalue weighted by Gasteiger charge is 2.48. The Labute approximate surface area is 165 Å². The van der Waals surface area contributed by atoms with E-state index in [1.165, 1.54) is 7.11 Å². The maximum absolute atomic E-state index is 15.7. The number of alkyl halides is 2. The van der Waals surface area contributed by atoms with Gasteiger partial charge in [-0.25, -0.2) is 13.6 Å². The summed E-state index contributed by atoms with van der Waals surface area (Å²) < 4.78 is 35.6. The van der Waals surface area contributed by atoms with Gasteiger partial charge in [0.1, 0.15) is 12.3 Å². The van der Waals surface area contributed by atoms with Crippen molar-refractivity contribution in [3.05, 3.63) is 47.5 Å². The van der Waals surface area contributed by atoms with Gasteiger partial charge in [-0.05, 0) is 66.0 Å². The standard InChI is InChI=1S/C24H28F2O2/c1-3-14-10-17-8-9-18(23(26)22(17)21(25)11-14)19-12-15-6-4-5-7-16(15)13-20(19)24(27)28-2/h4-7,12-14,17-18,21-23H,3,8-11H2,1-2H3. The number of ether oxygens (including phenoxy) is 1. The van der Waals surface area contributed by atoms with Crippen molar-refractivity contribution in [2.75, 3.05) is 7.11 Å². The third-order valence-electron chi connectivity index (χ3n) is 7.06. The van der Waals surface area contributed by atoms with E-state index in [1.54, 1.807) is 6.07 Å². The van der Waals surface area contributed by atoms with Gasteiger partial charge in [0.05, 0.1) is 12.7 Å². The fourth-order valence-electron chi connectivity index (χ4n) is 5.56. The van der Waals surface area contributed by atoms with Gasteiger partial charge in [0.25, 0.3) is 0 Å². The Morgan fingerprint density at radius 3 is 2.50 bits per heavy atom. The largest absolute Gasteiger partial charge is 0.465 e. The quantitative estimate of drug-likeness (QED) is 0.584. The molecule has 2 nitrogen and oxygen atoms in total. The van der Waals surface area contributed by atoms with E-state index < -0.39 is 30.1 Å². The maximum atomic E-state index is 15.7. The van der Waals surface area contributed by atoms with Gasteiger partial charge in [0.15, 0.2) is 0 Å². The number of fused-ring (bicyclic) bond motifs is 2. The van der Waals surface area contributed by atoms with Gasteiger partial charge in [-0.15, -0.1) is 0 Å². The fourth-order valence-corrected chi connectivity index (χ4v) is 5.56. The number of esters is 1. The molecule has 0 aromatic heterocycles. The zero-order chi connectivity index (χ0) is 19.8. The van der Waals surface area contributed by atoms with Crippen LogP contribution in [0.15, 0.2) is 36.4 Å². The average Bonchev–Trinajstić information content (AvgIpc) is 2.72. The first-order valence-electron chi connectivity index (χ1n) is 10.4. The molecule has 2 saturated carbocycles. The van der Waals surface area contributed by atoms with E-state index in [1.807, 2.05) is 30.3 Å². The smallest absolute Gasteiger partial charge is 0.338 e. The summed E-state index contributed by atoms with van der Waals surface area (Å²) >= 11 is 0. The minimum absolute atomic E-state index is 0.113. The van der Waals surface area contributed by atoms with Crippen molar-refractivity contribution in [3.8, 4) is 0 Å². The van der Waals surface area contributed by atoms with Gasteiger partial charge >= 0.3 is 5.97 Å². The Balaban J connectivity index is 1.72. The maximum Gasteiger partial charge on any atom is 0.338 e. The number of rotatable bonds is 3. The lowest BCUT2D eigenvalue weighted by Gasteiger charge is -2.46. The molecule has 6 unspecified atom stereocenters. The Morgan fingerprint density at radius 2 is 1.82 bits per heavy atom. The highest BCUT2D eigenvalue weighted by Crippen LogP contribution is 2.51. The van der Waals surface area contributed by atoms with Crippen LogP contribution in [-0.4, -0.2) is 25.4 Å². The Hall–Kier alpha value is -1.97. The number of hydrogen-bond acceptors (Lipinski definition) is 2. The molecular formula is C24H28F2O2. The summed E-state index contributed by atoms with van der Waals surface area (Å²) in [6.07, 6.45) is 1.46. The summed E-state index contributed by atoms with van der Waals surface area (Å²) in [7, 11) is 1.34. The number of methoxy groups -OCH3 is 1. The lowest BCUT2D eigenvalue weighted by molar-refractivity contribution is -0.0251. The average molecular weight is 386 g/mol. The Kier molecular flexibility index (Phi) is 5.39. The van der Waals surface area contributed by atoms with E-state index in [0.717, 1.165) is 30.0 Å². The molecule has 4 heteroatoms. The molecule has 0 saturated heterocycles. The molecule has 0 spiro atoms. The normalized spacial score (nSPS) is 32.7. The minimum atomic E-state index is -1.27. The summed E-state index contributed by atoms with van der Waals surface area (Å²) in [6.45, 7) is 2.09. The molecular weight excluding hydrogens is 358 g/mol. The van der Waals surface area contributed by atoms with Gasteiger partial charge in [-0.3, -0.25) is 0 Å². The lowest BCUT2D eigenvalue weighted by atomic mass is 9.61. The molecule has 2 aliphatic carbocycles. The summed E-state index contributed by atoms with van der Waals surface area (Å²) in [5.74, 6) is -0.996. The molecule has 0 N–H and O–H groups in total. The minimum Gasteiger partial charge on any atom is -0.465 e.